The van der Waals surface area contributed by atoms with Crippen LogP contribution in [-0.2, 0) is 11.1 Å². The van der Waals surface area contributed by atoms with Crippen LogP contribution in [0.4, 0.5) is 0 Å². The molecule has 0 bridgehead atoms. The molecule has 0 spiro atoms. The Morgan fingerprint density at radius 1 is 1.06 bits per heavy atom. The summed E-state index contributed by atoms with van der Waals surface area (Å²) in [4.78, 5) is 2.99. The maximum Gasteiger partial charge on any atom is -1.00 e. The maximum atomic E-state index is 10.2. The second-order valence-electron chi connectivity index (χ2n) is 3.30. The fourth-order valence-electron chi connectivity index (χ4n) is 1.45. The fourth-order valence-corrected chi connectivity index (χ4v) is 1.67. The zero-order valence-electron chi connectivity index (χ0n) is 9.38. The summed E-state index contributed by atoms with van der Waals surface area (Å²) in [5.74, 6) is 0. The molecule has 0 unspecified atom stereocenters. The smallest absolute Gasteiger partial charge is 1.00 e. The van der Waals surface area contributed by atoms with E-state index in [0.29, 0.717) is 6.54 Å². The van der Waals surface area contributed by atoms with Crippen LogP contribution in [0.5, 0.6) is 0 Å². The summed E-state index contributed by atoms with van der Waals surface area (Å²) in [7, 11) is -0.0497. The van der Waals surface area contributed by atoms with Crippen LogP contribution in [0, 0.1) is 5.63 Å². The molecule has 0 fully saturated rings. The zero-order valence-corrected chi connectivity index (χ0v) is 13.5. The van der Waals surface area contributed by atoms with Crippen molar-refractivity contribution in [1.82, 2.24) is 0 Å². The number of pyridine rings is 2. The number of hydrogen-bond donors (Lipinski definition) is 0. The SMILES string of the molecule is O=P#CC[n+]1ccc(-c2cc[nH+]cc2)cc1.[Br-].[Br-]. The first-order valence-electron chi connectivity index (χ1n) is 4.91. The van der Waals surface area contributed by atoms with Gasteiger partial charge in [-0.25, -0.2) is 0 Å². The molecule has 94 valence electrons. The Kier molecular flexibility index (Phi) is 8.86. The first-order chi connectivity index (χ1) is 7.90. The molecular weight excluding hydrogens is 379 g/mol. The third-order valence-electron chi connectivity index (χ3n) is 2.26. The quantitative estimate of drug-likeness (QED) is 0.378. The molecule has 0 aliphatic rings. The summed E-state index contributed by atoms with van der Waals surface area (Å²) >= 11 is 0. The minimum Gasteiger partial charge on any atom is -1.00 e. The van der Waals surface area contributed by atoms with Crippen LogP contribution in [0.25, 0.3) is 11.1 Å². The van der Waals surface area contributed by atoms with Crippen molar-refractivity contribution in [2.45, 2.75) is 6.54 Å². The molecule has 18 heavy (non-hydrogen) atoms. The Labute approximate surface area is 128 Å². The van der Waals surface area contributed by atoms with Crippen molar-refractivity contribution in [3.63, 3.8) is 0 Å². The molecular formula is C12H11Br2N2OP. The van der Waals surface area contributed by atoms with Crippen molar-refractivity contribution in [3.05, 3.63) is 49.1 Å². The van der Waals surface area contributed by atoms with E-state index in [0.717, 1.165) is 5.56 Å². The van der Waals surface area contributed by atoms with Crippen LogP contribution in [0.1, 0.15) is 0 Å². The Bertz CT molecular complexity index is 570. The number of hydrogen-bond acceptors (Lipinski definition) is 1. The van der Waals surface area contributed by atoms with Gasteiger partial charge in [0.2, 0.25) is 0 Å². The number of nitrogens with zero attached hydrogens (tertiary/aromatic N) is 1. The monoisotopic (exact) mass is 388 g/mol. The molecule has 0 aliphatic heterocycles. The van der Waals surface area contributed by atoms with Crippen LogP contribution in [0.15, 0.2) is 49.1 Å². The molecule has 0 amide bonds. The van der Waals surface area contributed by atoms with Gasteiger partial charge in [-0.1, -0.05) is 0 Å². The van der Waals surface area contributed by atoms with E-state index in [2.05, 4.69) is 10.6 Å². The van der Waals surface area contributed by atoms with Gasteiger partial charge in [-0.05, 0) is 0 Å². The van der Waals surface area contributed by atoms with Crippen molar-refractivity contribution in [3.8, 4) is 16.8 Å². The molecule has 2 aromatic heterocycles. The summed E-state index contributed by atoms with van der Waals surface area (Å²) in [6, 6.07) is 8.10. The normalized spacial score (nSPS) is 8.44. The summed E-state index contributed by atoms with van der Waals surface area (Å²) in [5, 5.41) is 0. The number of nitrogens with one attached hydrogen (secondary N) is 1. The van der Waals surface area contributed by atoms with Gasteiger partial charge >= 0.3 is 94.4 Å². The average molecular weight is 390 g/mol. The summed E-state index contributed by atoms with van der Waals surface area (Å²) in [6.45, 7) is 0.536. The first-order valence-corrected chi connectivity index (χ1v) is 5.72. The van der Waals surface area contributed by atoms with E-state index < -0.39 is 0 Å². The predicted molar refractivity (Wildman–Crippen MR) is 60.1 cm³/mol. The van der Waals surface area contributed by atoms with Crippen LogP contribution in [-0.4, -0.2) is 0 Å². The van der Waals surface area contributed by atoms with E-state index in [-0.39, 0.29) is 41.9 Å². The first kappa shape index (κ1) is 17.3. The van der Waals surface area contributed by atoms with Crippen molar-refractivity contribution in [1.29, 1.82) is 0 Å². The topological polar surface area (TPSA) is 35.1 Å². The van der Waals surface area contributed by atoms with Crippen molar-refractivity contribution < 1.29 is 48.1 Å². The third-order valence-corrected chi connectivity index (χ3v) is 2.53. The molecule has 1 N–H and O–H groups in total. The number of aromatic nitrogens is 2. The fraction of sp³-hybridized carbons (Fsp3) is 0.0833. The van der Waals surface area contributed by atoms with E-state index in [1.165, 1.54) is 5.56 Å². The van der Waals surface area contributed by atoms with Crippen molar-refractivity contribution >= 4 is 7.92 Å². The Hall–Kier alpha value is -0.730. The van der Waals surface area contributed by atoms with Crippen LogP contribution < -0.4 is 43.5 Å². The summed E-state index contributed by atoms with van der Waals surface area (Å²) in [5.41, 5.74) is 5.02. The Morgan fingerprint density at radius 2 is 1.61 bits per heavy atom. The zero-order chi connectivity index (χ0) is 11.2. The van der Waals surface area contributed by atoms with Crippen molar-refractivity contribution in [2.75, 3.05) is 0 Å². The van der Waals surface area contributed by atoms with E-state index in [9.17, 15) is 4.57 Å². The van der Waals surface area contributed by atoms with Crippen LogP contribution in [0.2, 0.25) is 0 Å². The van der Waals surface area contributed by atoms with Crippen LogP contribution >= 0.6 is 7.92 Å². The van der Waals surface area contributed by atoms with Gasteiger partial charge in [0.15, 0.2) is 0 Å². The molecule has 0 saturated heterocycles. The van der Waals surface area contributed by atoms with Crippen LogP contribution in [0.3, 0.4) is 0 Å². The second kappa shape index (κ2) is 9.23. The molecule has 2 aromatic rings. The number of rotatable bonds is 2. The summed E-state index contributed by atoms with van der Waals surface area (Å²) < 4.78 is 12.2. The molecule has 0 radical (unpaired) electrons. The molecule has 0 aliphatic carbocycles. The standard InChI is InChI=1S/C12H10N2OP.2BrH/c15-16-10-9-14-7-3-12(4-8-14)11-1-5-13-6-2-11;;/h1-8H,9H2;2*1H/q+1;;/p-1. The predicted octanol–water partition coefficient (Wildman–Crippen LogP) is -4.29. The van der Waals surface area contributed by atoms with E-state index in [4.69, 9.17) is 0 Å². The largest absolute Gasteiger partial charge is 1.00 e. The molecule has 2 rings (SSSR count). The minimum absolute atomic E-state index is 0. The van der Waals surface area contributed by atoms with Gasteiger partial charge in [-0.3, -0.25) is 0 Å². The second-order valence-corrected chi connectivity index (χ2v) is 3.80. The number of aromatic amines is 1. The number of H-pyrrole nitrogens is 1. The molecule has 0 atom stereocenters. The minimum atomic E-state index is -0.0497. The van der Waals surface area contributed by atoms with Gasteiger partial charge < -0.3 is 34.0 Å². The Morgan fingerprint density at radius 3 is 2.17 bits per heavy atom. The third kappa shape index (κ3) is 4.87. The molecule has 6 heteroatoms. The maximum absolute atomic E-state index is 10.2. The van der Waals surface area contributed by atoms with Gasteiger partial charge in [0, 0.05) is 0 Å². The van der Waals surface area contributed by atoms with Gasteiger partial charge in [0.1, 0.15) is 0 Å². The molecule has 0 saturated carbocycles. The van der Waals surface area contributed by atoms with Gasteiger partial charge in [0.25, 0.3) is 0 Å². The molecule has 2 heterocycles. The van der Waals surface area contributed by atoms with E-state index in [1.54, 1.807) is 0 Å². The van der Waals surface area contributed by atoms with Crippen molar-refractivity contribution in [2.24, 2.45) is 0 Å². The van der Waals surface area contributed by atoms with Gasteiger partial charge in [-0.2, -0.15) is 0 Å². The number of halogens is 2. The molecule has 3 nitrogen and oxygen atoms in total. The average Bonchev–Trinajstić information content (AvgIpc) is 2.38. The van der Waals surface area contributed by atoms with E-state index >= 15 is 0 Å². The van der Waals surface area contributed by atoms with Gasteiger partial charge in [-0.15, -0.1) is 0 Å². The molecule has 0 aromatic carbocycles. The summed E-state index contributed by atoms with van der Waals surface area (Å²) in [6.07, 6.45) is 7.69. The van der Waals surface area contributed by atoms with E-state index in [1.807, 2.05) is 53.6 Å². The Balaban J connectivity index is 0.00000144. The van der Waals surface area contributed by atoms with Gasteiger partial charge in [0.05, 0.1) is 0 Å².